The number of nitrogens with one attached hydrogen (secondary N) is 1. The zero-order chi connectivity index (χ0) is 19.5. The van der Waals surface area contributed by atoms with Gasteiger partial charge in [-0.25, -0.2) is 4.99 Å². The Labute approximate surface area is 165 Å². The van der Waals surface area contributed by atoms with Crippen LogP contribution in [-0.2, 0) is 13.1 Å². The standard InChI is InChI=1S/C22H37N5/c1-5-7-8-13-26(4)22(23-6-2)24-18-20-9-11-21(12-10-20)19-27-16-14-25(3)15-17-27/h5,9-12H,1,6-8,13-19H2,2-4H3,(H,23,24). The first-order valence-electron chi connectivity index (χ1n) is 10.2. The fourth-order valence-corrected chi connectivity index (χ4v) is 3.23. The van der Waals surface area contributed by atoms with Gasteiger partial charge in [0.25, 0.3) is 0 Å². The van der Waals surface area contributed by atoms with Gasteiger partial charge in [0.05, 0.1) is 6.54 Å². The van der Waals surface area contributed by atoms with E-state index in [1.807, 2.05) is 6.08 Å². The van der Waals surface area contributed by atoms with E-state index < -0.39 is 0 Å². The summed E-state index contributed by atoms with van der Waals surface area (Å²) >= 11 is 0. The molecule has 0 aliphatic carbocycles. The molecule has 0 saturated carbocycles. The Hall–Kier alpha value is -1.85. The molecule has 1 aliphatic rings. The molecule has 0 bridgehead atoms. The zero-order valence-corrected chi connectivity index (χ0v) is 17.5. The van der Waals surface area contributed by atoms with Gasteiger partial charge in [-0.05, 0) is 37.9 Å². The summed E-state index contributed by atoms with van der Waals surface area (Å²) < 4.78 is 0. The number of guanidine groups is 1. The van der Waals surface area contributed by atoms with E-state index in [2.05, 4.69) is 71.9 Å². The Balaban J connectivity index is 1.87. The topological polar surface area (TPSA) is 34.1 Å². The van der Waals surface area contributed by atoms with Crippen LogP contribution in [0.3, 0.4) is 0 Å². The number of hydrogen-bond acceptors (Lipinski definition) is 3. The summed E-state index contributed by atoms with van der Waals surface area (Å²) in [5.41, 5.74) is 2.65. The predicted molar refractivity (Wildman–Crippen MR) is 116 cm³/mol. The lowest BCUT2D eigenvalue weighted by molar-refractivity contribution is 0.148. The van der Waals surface area contributed by atoms with Crippen molar-refractivity contribution in [3.8, 4) is 0 Å². The maximum atomic E-state index is 4.81. The second kappa shape index (κ2) is 11.8. The third-order valence-electron chi connectivity index (χ3n) is 5.03. The summed E-state index contributed by atoms with van der Waals surface area (Å²) in [6.07, 6.45) is 4.12. The Morgan fingerprint density at radius 1 is 1.19 bits per heavy atom. The van der Waals surface area contributed by atoms with Gasteiger partial charge in [0, 0.05) is 52.9 Å². The van der Waals surface area contributed by atoms with Crippen LogP contribution in [0.5, 0.6) is 0 Å². The summed E-state index contributed by atoms with van der Waals surface area (Å²) in [4.78, 5) is 11.9. The zero-order valence-electron chi connectivity index (χ0n) is 17.5. The van der Waals surface area contributed by atoms with E-state index in [-0.39, 0.29) is 0 Å². The number of piperazine rings is 1. The van der Waals surface area contributed by atoms with Crippen LogP contribution in [0.15, 0.2) is 41.9 Å². The fraction of sp³-hybridized carbons (Fsp3) is 0.591. The van der Waals surface area contributed by atoms with Gasteiger partial charge in [-0.3, -0.25) is 4.90 Å². The van der Waals surface area contributed by atoms with E-state index in [9.17, 15) is 0 Å². The molecule has 1 aromatic carbocycles. The molecule has 0 radical (unpaired) electrons. The molecule has 5 nitrogen and oxygen atoms in total. The second-order valence-electron chi connectivity index (χ2n) is 7.42. The molecular weight excluding hydrogens is 334 g/mol. The minimum atomic E-state index is 0.711. The van der Waals surface area contributed by atoms with Gasteiger partial charge in [-0.15, -0.1) is 6.58 Å². The van der Waals surface area contributed by atoms with Crippen LogP contribution >= 0.6 is 0 Å². The summed E-state index contributed by atoms with van der Waals surface area (Å²) in [6.45, 7) is 14.2. The monoisotopic (exact) mass is 371 g/mol. The number of allylic oxidation sites excluding steroid dienone is 1. The smallest absolute Gasteiger partial charge is 0.193 e. The molecule has 150 valence electrons. The van der Waals surface area contributed by atoms with Gasteiger partial charge in [0.2, 0.25) is 0 Å². The number of nitrogens with zero attached hydrogens (tertiary/aromatic N) is 4. The Kier molecular flexibility index (Phi) is 9.36. The molecule has 0 aromatic heterocycles. The minimum Gasteiger partial charge on any atom is -0.357 e. The van der Waals surface area contributed by atoms with Gasteiger partial charge in [-0.2, -0.15) is 0 Å². The van der Waals surface area contributed by atoms with Gasteiger partial charge < -0.3 is 15.1 Å². The number of unbranched alkanes of at least 4 members (excludes halogenated alkanes) is 1. The second-order valence-corrected chi connectivity index (χ2v) is 7.42. The summed E-state index contributed by atoms with van der Waals surface area (Å²) in [7, 11) is 4.30. The Morgan fingerprint density at radius 3 is 2.48 bits per heavy atom. The number of benzene rings is 1. The molecule has 1 aliphatic heterocycles. The van der Waals surface area contributed by atoms with Crippen molar-refractivity contribution in [2.75, 3.05) is 53.4 Å². The first-order chi connectivity index (χ1) is 13.1. The normalized spacial score (nSPS) is 16.3. The van der Waals surface area contributed by atoms with Crippen molar-refractivity contribution in [3.05, 3.63) is 48.0 Å². The van der Waals surface area contributed by atoms with Crippen LogP contribution in [0.1, 0.15) is 30.9 Å². The van der Waals surface area contributed by atoms with Crippen LogP contribution in [0.4, 0.5) is 0 Å². The minimum absolute atomic E-state index is 0.711. The van der Waals surface area contributed by atoms with Gasteiger partial charge in [0.1, 0.15) is 0 Å². The Morgan fingerprint density at radius 2 is 1.85 bits per heavy atom. The molecule has 5 heteroatoms. The number of rotatable bonds is 9. The van der Waals surface area contributed by atoms with Crippen LogP contribution in [0, 0.1) is 0 Å². The van der Waals surface area contributed by atoms with Gasteiger partial charge >= 0.3 is 0 Å². The highest BCUT2D eigenvalue weighted by Gasteiger charge is 2.13. The lowest BCUT2D eigenvalue weighted by Gasteiger charge is -2.32. The first kappa shape index (κ1) is 21.5. The molecule has 1 saturated heterocycles. The maximum absolute atomic E-state index is 4.81. The largest absolute Gasteiger partial charge is 0.357 e. The summed E-state index contributed by atoms with van der Waals surface area (Å²) in [6, 6.07) is 8.94. The molecule has 0 spiro atoms. The maximum Gasteiger partial charge on any atom is 0.193 e. The SMILES string of the molecule is C=CCCCN(C)C(=NCc1ccc(CN2CCN(C)CC2)cc1)NCC. The van der Waals surface area contributed by atoms with Crippen molar-refractivity contribution < 1.29 is 0 Å². The lowest BCUT2D eigenvalue weighted by atomic mass is 10.1. The number of aliphatic imine (C=N–C) groups is 1. The molecule has 0 unspecified atom stereocenters. The van der Waals surface area contributed by atoms with E-state index in [4.69, 9.17) is 4.99 Å². The number of hydrogen-bond donors (Lipinski definition) is 1. The van der Waals surface area contributed by atoms with Crippen molar-refractivity contribution in [3.63, 3.8) is 0 Å². The molecule has 1 N–H and O–H groups in total. The molecule has 1 aromatic rings. The lowest BCUT2D eigenvalue weighted by Crippen LogP contribution is -2.43. The first-order valence-corrected chi connectivity index (χ1v) is 10.2. The molecular formula is C22H37N5. The third-order valence-corrected chi connectivity index (χ3v) is 5.03. The van der Waals surface area contributed by atoms with Crippen LogP contribution in [0.2, 0.25) is 0 Å². The van der Waals surface area contributed by atoms with Crippen molar-refractivity contribution in [1.82, 2.24) is 20.0 Å². The highest BCUT2D eigenvalue weighted by Crippen LogP contribution is 2.10. The van der Waals surface area contributed by atoms with E-state index in [1.54, 1.807) is 0 Å². The fourth-order valence-electron chi connectivity index (χ4n) is 3.23. The third kappa shape index (κ3) is 7.73. The average molecular weight is 372 g/mol. The van der Waals surface area contributed by atoms with Gasteiger partial charge in [0.15, 0.2) is 5.96 Å². The molecule has 1 heterocycles. The van der Waals surface area contributed by atoms with Crippen LogP contribution in [-0.4, -0.2) is 74.0 Å². The van der Waals surface area contributed by atoms with Crippen molar-refractivity contribution in [1.29, 1.82) is 0 Å². The molecule has 0 amide bonds. The van der Waals surface area contributed by atoms with E-state index in [0.717, 1.165) is 51.5 Å². The van der Waals surface area contributed by atoms with Crippen molar-refractivity contribution in [2.45, 2.75) is 32.9 Å². The van der Waals surface area contributed by atoms with Crippen LogP contribution in [0.25, 0.3) is 0 Å². The average Bonchev–Trinajstić information content (AvgIpc) is 2.68. The molecule has 2 rings (SSSR count). The molecule has 27 heavy (non-hydrogen) atoms. The molecule has 1 fully saturated rings. The quantitative estimate of drug-likeness (QED) is 0.313. The summed E-state index contributed by atoms with van der Waals surface area (Å²) in [5, 5.41) is 3.39. The molecule has 0 atom stereocenters. The van der Waals surface area contributed by atoms with Gasteiger partial charge in [-0.1, -0.05) is 30.3 Å². The van der Waals surface area contributed by atoms with Crippen LogP contribution < -0.4 is 5.32 Å². The summed E-state index contributed by atoms with van der Waals surface area (Å²) in [5.74, 6) is 0.975. The van der Waals surface area contributed by atoms with Crippen molar-refractivity contribution in [2.24, 2.45) is 4.99 Å². The van der Waals surface area contributed by atoms with E-state index in [1.165, 1.54) is 24.2 Å². The van der Waals surface area contributed by atoms with E-state index in [0.29, 0.717) is 6.54 Å². The highest BCUT2D eigenvalue weighted by molar-refractivity contribution is 5.79. The Bertz CT molecular complexity index is 573. The highest BCUT2D eigenvalue weighted by atomic mass is 15.3. The van der Waals surface area contributed by atoms with E-state index >= 15 is 0 Å². The predicted octanol–water partition coefficient (Wildman–Crippen LogP) is 2.80. The van der Waals surface area contributed by atoms with Crippen molar-refractivity contribution >= 4 is 5.96 Å². The number of likely N-dealkylation sites (N-methyl/N-ethyl adjacent to an activating group) is 1.